The summed E-state index contributed by atoms with van der Waals surface area (Å²) in [5.74, 6) is -0.378. The summed E-state index contributed by atoms with van der Waals surface area (Å²) in [5, 5.41) is 10.7. The number of aromatic nitrogens is 1. The maximum absolute atomic E-state index is 14.3. The molecule has 3 unspecified atom stereocenters. The molecular formula is C36H48Cl3F4N3O2S. The molecule has 5 nitrogen and oxygen atoms in total. The van der Waals surface area contributed by atoms with Crippen LogP contribution in [0.3, 0.4) is 0 Å². The van der Waals surface area contributed by atoms with Crippen molar-refractivity contribution in [2.45, 2.75) is 89.4 Å². The van der Waals surface area contributed by atoms with E-state index < -0.39 is 23.8 Å². The fraction of sp³-hybridized carbons (Fsp3) is 0.556. The summed E-state index contributed by atoms with van der Waals surface area (Å²) >= 11 is 1.56. The van der Waals surface area contributed by atoms with Gasteiger partial charge in [0.2, 0.25) is 0 Å². The largest absolute Gasteiger partial charge is 0.480 e. The van der Waals surface area contributed by atoms with E-state index in [9.17, 15) is 27.5 Å². The maximum atomic E-state index is 14.3. The first-order chi connectivity index (χ1) is 21.8. The smallest absolute Gasteiger partial charge is 0.416 e. The molecule has 2 aromatic carbocycles. The van der Waals surface area contributed by atoms with Crippen LogP contribution >= 0.6 is 48.6 Å². The van der Waals surface area contributed by atoms with Crippen LogP contribution in [-0.2, 0) is 23.8 Å². The molecule has 13 heteroatoms. The molecule has 274 valence electrons. The van der Waals surface area contributed by atoms with E-state index in [1.165, 1.54) is 17.0 Å². The van der Waals surface area contributed by atoms with Crippen LogP contribution in [0.1, 0.15) is 90.6 Å². The van der Waals surface area contributed by atoms with E-state index in [1.807, 2.05) is 31.9 Å². The highest BCUT2D eigenvalue weighted by atomic mass is 35.5. The molecule has 3 aromatic rings. The zero-order valence-corrected chi connectivity index (χ0v) is 31.6. The number of likely N-dealkylation sites (tertiary alicyclic amines) is 1. The van der Waals surface area contributed by atoms with Crippen LogP contribution in [0.5, 0.6) is 0 Å². The molecule has 2 fully saturated rings. The van der Waals surface area contributed by atoms with Gasteiger partial charge < -0.3 is 10.0 Å². The standard InChI is InChI=1S/C36H45F4N3O2S.3ClH/c1-5-31-34(46-32(41-31)19-25-9-6-7-12-30(25)36(38,39)40)23-13-15-43(16-14-23)21-26-18-28(42(4)33(22(2)3)35(44)45)20-29(26)24-10-8-11-27(37)17-24;;;/h6-12,17,22-23,26,28-29,33H,5,13-16,18-21H2,1-4H3,(H,44,45);3*1H/t26?,28?,29?,33-;;;/m1.../s1. The normalized spacial score (nSPS) is 20.8. The quantitative estimate of drug-likeness (QED) is 0.197. The van der Waals surface area contributed by atoms with Gasteiger partial charge in [0.25, 0.3) is 0 Å². The highest BCUT2D eigenvalue weighted by Crippen LogP contribution is 2.44. The molecule has 5 rings (SSSR count). The Morgan fingerprint density at radius 2 is 1.73 bits per heavy atom. The van der Waals surface area contributed by atoms with Crippen LogP contribution < -0.4 is 0 Å². The zero-order chi connectivity index (χ0) is 33.2. The molecule has 0 amide bonds. The van der Waals surface area contributed by atoms with Crippen LogP contribution in [-0.4, -0.2) is 64.6 Å². The molecule has 1 aliphatic heterocycles. The molecular weight excluding hydrogens is 721 g/mol. The Morgan fingerprint density at radius 3 is 2.33 bits per heavy atom. The highest BCUT2D eigenvalue weighted by molar-refractivity contribution is 7.11. The van der Waals surface area contributed by atoms with Crippen molar-refractivity contribution in [3.63, 3.8) is 0 Å². The third-order valence-corrected chi connectivity index (χ3v) is 11.3. The monoisotopic (exact) mass is 767 g/mol. The lowest BCUT2D eigenvalue weighted by molar-refractivity contribution is -0.145. The van der Waals surface area contributed by atoms with Gasteiger partial charge in [-0.15, -0.1) is 48.6 Å². The average Bonchev–Trinajstić information content (AvgIpc) is 3.61. The van der Waals surface area contributed by atoms with Crippen molar-refractivity contribution < 1.29 is 27.5 Å². The molecule has 2 aliphatic rings. The number of thiazole rings is 1. The number of halogens is 7. The first kappa shape index (κ1) is 43.2. The lowest BCUT2D eigenvalue weighted by atomic mass is 9.87. The number of hydrogen-bond acceptors (Lipinski definition) is 5. The third-order valence-electron chi connectivity index (χ3n) is 10.1. The Kier molecular flexibility index (Phi) is 16.3. The number of rotatable bonds is 11. The summed E-state index contributed by atoms with van der Waals surface area (Å²) in [5.41, 5.74) is 1.62. The molecule has 1 aromatic heterocycles. The number of hydrogen-bond donors (Lipinski definition) is 1. The number of carboxylic acid groups (broad SMARTS) is 1. The average molecular weight is 769 g/mol. The fourth-order valence-corrected chi connectivity index (χ4v) is 9.17. The maximum Gasteiger partial charge on any atom is 0.416 e. The number of alkyl halides is 3. The molecule has 4 atom stereocenters. The second-order valence-corrected chi connectivity index (χ2v) is 14.5. The van der Waals surface area contributed by atoms with Gasteiger partial charge in [0, 0.05) is 23.9 Å². The predicted molar refractivity (Wildman–Crippen MR) is 196 cm³/mol. The minimum atomic E-state index is -4.40. The van der Waals surface area contributed by atoms with E-state index in [0.717, 1.165) is 74.1 Å². The second kappa shape index (κ2) is 18.5. The summed E-state index contributed by atoms with van der Waals surface area (Å²) in [7, 11) is 1.91. The first-order valence-corrected chi connectivity index (χ1v) is 17.2. The van der Waals surface area contributed by atoms with Gasteiger partial charge in [0.15, 0.2) is 0 Å². The molecule has 0 radical (unpaired) electrons. The Hall–Kier alpha value is -1.95. The number of aryl methyl sites for hydroxylation is 1. The predicted octanol–water partition coefficient (Wildman–Crippen LogP) is 9.50. The summed E-state index contributed by atoms with van der Waals surface area (Å²) < 4.78 is 55.1. The SMILES string of the molecule is CCc1nc(Cc2ccccc2C(F)(F)F)sc1C1CCN(CC2CC(N(C)[C@@H](C(=O)O)C(C)C)CC2c2cccc(F)c2)CC1.Cl.Cl.Cl. The van der Waals surface area contributed by atoms with Crippen LogP contribution in [0, 0.1) is 17.7 Å². The number of likely N-dealkylation sites (N-methyl/N-ethyl adjacent to an activating group) is 1. The molecule has 1 N–H and O–H groups in total. The summed E-state index contributed by atoms with van der Waals surface area (Å²) in [6.07, 6.45) is 0.0550. The Balaban J connectivity index is 0.00000278. The van der Waals surface area contributed by atoms with E-state index in [2.05, 4.69) is 11.8 Å². The second-order valence-electron chi connectivity index (χ2n) is 13.4. The van der Waals surface area contributed by atoms with Crippen LogP contribution in [0.4, 0.5) is 17.6 Å². The summed E-state index contributed by atoms with van der Waals surface area (Å²) in [6, 6.07) is 12.1. The Bertz CT molecular complexity index is 1500. The molecule has 1 saturated carbocycles. The molecule has 49 heavy (non-hydrogen) atoms. The summed E-state index contributed by atoms with van der Waals surface area (Å²) in [4.78, 5) is 22.6. The van der Waals surface area contributed by atoms with Crippen molar-refractivity contribution in [1.29, 1.82) is 0 Å². The lowest BCUT2D eigenvalue weighted by Gasteiger charge is -2.35. The van der Waals surface area contributed by atoms with Gasteiger partial charge in [-0.05, 0) is 105 Å². The molecule has 2 heterocycles. The van der Waals surface area contributed by atoms with Crippen molar-refractivity contribution in [3.8, 4) is 0 Å². The van der Waals surface area contributed by atoms with Gasteiger partial charge in [-0.1, -0.05) is 51.1 Å². The number of aliphatic carboxylic acids is 1. The fourth-order valence-electron chi connectivity index (χ4n) is 7.82. The van der Waals surface area contributed by atoms with Crippen molar-refractivity contribution >= 4 is 54.5 Å². The van der Waals surface area contributed by atoms with Gasteiger partial charge in [0.05, 0.1) is 16.3 Å². The zero-order valence-electron chi connectivity index (χ0n) is 28.3. The molecule has 0 spiro atoms. The van der Waals surface area contributed by atoms with Crippen LogP contribution in [0.25, 0.3) is 0 Å². The topological polar surface area (TPSA) is 56.7 Å². The van der Waals surface area contributed by atoms with Crippen molar-refractivity contribution in [2.24, 2.45) is 11.8 Å². The molecule has 1 saturated heterocycles. The van der Waals surface area contributed by atoms with Crippen molar-refractivity contribution in [2.75, 3.05) is 26.7 Å². The Labute approximate surface area is 310 Å². The van der Waals surface area contributed by atoms with Gasteiger partial charge in [-0.2, -0.15) is 13.2 Å². The minimum Gasteiger partial charge on any atom is -0.480 e. The van der Waals surface area contributed by atoms with Gasteiger partial charge in [-0.25, -0.2) is 9.37 Å². The van der Waals surface area contributed by atoms with Gasteiger partial charge >= 0.3 is 12.1 Å². The minimum absolute atomic E-state index is 0. The van der Waals surface area contributed by atoms with E-state index in [4.69, 9.17) is 4.98 Å². The van der Waals surface area contributed by atoms with Crippen LogP contribution in [0.15, 0.2) is 48.5 Å². The van der Waals surface area contributed by atoms with Crippen LogP contribution in [0.2, 0.25) is 0 Å². The molecule has 0 bridgehead atoms. The number of piperidine rings is 1. The number of benzene rings is 2. The van der Waals surface area contributed by atoms with E-state index in [1.54, 1.807) is 35.6 Å². The van der Waals surface area contributed by atoms with E-state index in [-0.39, 0.29) is 78.8 Å². The van der Waals surface area contributed by atoms with Crippen molar-refractivity contribution in [3.05, 3.63) is 86.6 Å². The number of nitrogens with zero attached hydrogens (tertiary/aromatic N) is 3. The number of carboxylic acids is 1. The van der Waals surface area contributed by atoms with Crippen molar-refractivity contribution in [1.82, 2.24) is 14.8 Å². The summed E-state index contributed by atoms with van der Waals surface area (Å²) in [6.45, 7) is 8.58. The first-order valence-electron chi connectivity index (χ1n) is 16.4. The highest BCUT2D eigenvalue weighted by Gasteiger charge is 2.42. The van der Waals surface area contributed by atoms with E-state index >= 15 is 0 Å². The number of carbonyl (C=O) groups is 1. The third kappa shape index (κ3) is 10.3. The van der Waals surface area contributed by atoms with Gasteiger partial charge in [-0.3, -0.25) is 9.69 Å². The van der Waals surface area contributed by atoms with E-state index in [0.29, 0.717) is 5.92 Å². The lowest BCUT2D eigenvalue weighted by Crippen LogP contribution is -2.47. The molecule has 1 aliphatic carbocycles. The Morgan fingerprint density at radius 1 is 1.06 bits per heavy atom. The van der Waals surface area contributed by atoms with Gasteiger partial charge in [0.1, 0.15) is 11.9 Å².